The molecular weight excluding hydrogens is 224 g/mol. The minimum atomic E-state index is -2.78. The molecule has 94 valence electrons. The fraction of sp³-hybridized carbons (Fsp3) is 1.00. The van der Waals surface area contributed by atoms with Crippen LogP contribution < -0.4 is 10.6 Å². The molecule has 0 aromatic carbocycles. The molecule has 4 nitrogen and oxygen atoms in total. The van der Waals surface area contributed by atoms with Crippen LogP contribution in [0.4, 0.5) is 0 Å². The minimum absolute atomic E-state index is 0.184. The molecule has 0 spiro atoms. The first-order valence-corrected chi connectivity index (χ1v) is 7.97. The van der Waals surface area contributed by atoms with E-state index in [0.29, 0.717) is 17.4 Å². The Balaban J connectivity index is 1.81. The summed E-state index contributed by atoms with van der Waals surface area (Å²) >= 11 is 0. The van der Waals surface area contributed by atoms with Gasteiger partial charge in [0.15, 0.2) is 9.84 Å². The van der Waals surface area contributed by atoms with Gasteiger partial charge < -0.3 is 10.6 Å². The van der Waals surface area contributed by atoms with Crippen LogP contribution in [0.1, 0.15) is 26.2 Å². The van der Waals surface area contributed by atoms with Crippen molar-refractivity contribution in [1.82, 2.24) is 10.6 Å². The van der Waals surface area contributed by atoms with E-state index in [0.717, 1.165) is 26.1 Å². The van der Waals surface area contributed by atoms with Gasteiger partial charge in [-0.2, -0.15) is 0 Å². The van der Waals surface area contributed by atoms with Crippen LogP contribution in [-0.4, -0.2) is 45.1 Å². The van der Waals surface area contributed by atoms with Gasteiger partial charge in [-0.3, -0.25) is 0 Å². The van der Waals surface area contributed by atoms with Crippen LogP contribution in [0, 0.1) is 5.92 Å². The monoisotopic (exact) mass is 246 g/mol. The lowest BCUT2D eigenvalue weighted by Crippen LogP contribution is -2.47. The second-order valence-electron chi connectivity index (χ2n) is 5.50. The number of hydrogen-bond acceptors (Lipinski definition) is 4. The average Bonchev–Trinajstić information content (AvgIpc) is 2.53. The molecule has 5 heteroatoms. The maximum absolute atomic E-state index is 11.4. The summed E-state index contributed by atoms with van der Waals surface area (Å²) in [6, 6.07) is 0. The summed E-state index contributed by atoms with van der Waals surface area (Å²) in [6.07, 6.45) is 3.25. The van der Waals surface area contributed by atoms with Crippen molar-refractivity contribution in [2.75, 3.05) is 31.1 Å². The molecule has 2 N–H and O–H groups in total. The van der Waals surface area contributed by atoms with E-state index >= 15 is 0 Å². The van der Waals surface area contributed by atoms with Crippen LogP contribution in [-0.2, 0) is 9.84 Å². The Kier molecular flexibility index (Phi) is 3.56. The highest BCUT2D eigenvalue weighted by molar-refractivity contribution is 7.91. The van der Waals surface area contributed by atoms with E-state index in [1.807, 2.05) is 6.92 Å². The van der Waals surface area contributed by atoms with Gasteiger partial charge in [-0.05, 0) is 51.7 Å². The molecule has 2 saturated heterocycles. The predicted octanol–water partition coefficient (Wildman–Crippen LogP) is 0.153. The van der Waals surface area contributed by atoms with Crippen LogP contribution in [0.3, 0.4) is 0 Å². The molecule has 2 heterocycles. The molecule has 2 atom stereocenters. The molecule has 16 heavy (non-hydrogen) atoms. The smallest absolute Gasteiger partial charge is 0.152 e. The van der Waals surface area contributed by atoms with Crippen molar-refractivity contribution in [1.29, 1.82) is 0 Å². The van der Waals surface area contributed by atoms with Gasteiger partial charge in [0, 0.05) is 5.54 Å². The fourth-order valence-corrected chi connectivity index (χ4v) is 4.76. The van der Waals surface area contributed by atoms with E-state index in [1.165, 1.54) is 12.8 Å². The van der Waals surface area contributed by atoms with Gasteiger partial charge in [-0.1, -0.05) is 0 Å². The van der Waals surface area contributed by atoms with E-state index in [1.54, 1.807) is 0 Å². The third-order valence-electron chi connectivity index (χ3n) is 3.72. The lowest BCUT2D eigenvalue weighted by molar-refractivity contribution is 0.308. The summed E-state index contributed by atoms with van der Waals surface area (Å²) < 4.78 is 22.9. The zero-order chi connectivity index (χ0) is 11.6. The lowest BCUT2D eigenvalue weighted by atomic mass is 9.96. The van der Waals surface area contributed by atoms with E-state index in [2.05, 4.69) is 10.6 Å². The lowest BCUT2D eigenvalue weighted by Gasteiger charge is -2.29. The van der Waals surface area contributed by atoms with E-state index in [9.17, 15) is 8.42 Å². The van der Waals surface area contributed by atoms with Crippen molar-refractivity contribution in [3.05, 3.63) is 0 Å². The van der Waals surface area contributed by atoms with Crippen molar-refractivity contribution in [2.45, 2.75) is 31.7 Å². The van der Waals surface area contributed by atoms with Crippen molar-refractivity contribution < 1.29 is 8.42 Å². The fourth-order valence-electron chi connectivity index (χ4n) is 2.64. The molecule has 0 amide bonds. The van der Waals surface area contributed by atoms with E-state index in [-0.39, 0.29) is 5.54 Å². The first-order valence-electron chi connectivity index (χ1n) is 6.15. The third-order valence-corrected chi connectivity index (χ3v) is 5.62. The van der Waals surface area contributed by atoms with Gasteiger partial charge in [-0.25, -0.2) is 8.42 Å². The molecule has 0 aromatic rings. The van der Waals surface area contributed by atoms with Gasteiger partial charge in [0.25, 0.3) is 0 Å². The molecule has 0 bridgehead atoms. The Labute approximate surface area is 98.1 Å². The van der Waals surface area contributed by atoms with Crippen molar-refractivity contribution in [3.8, 4) is 0 Å². The summed E-state index contributed by atoms with van der Waals surface area (Å²) in [4.78, 5) is 0. The Hall–Kier alpha value is -0.130. The van der Waals surface area contributed by atoms with Crippen LogP contribution in [0.5, 0.6) is 0 Å². The summed E-state index contributed by atoms with van der Waals surface area (Å²) in [6.45, 7) is 5.17. The van der Waals surface area contributed by atoms with Crippen LogP contribution >= 0.6 is 0 Å². The number of nitrogens with one attached hydrogen (secondary N) is 2. The number of hydrogen-bond donors (Lipinski definition) is 2. The van der Waals surface area contributed by atoms with Crippen LogP contribution in [0.25, 0.3) is 0 Å². The van der Waals surface area contributed by atoms with E-state index in [4.69, 9.17) is 0 Å². The highest BCUT2D eigenvalue weighted by Crippen LogP contribution is 2.23. The van der Waals surface area contributed by atoms with Crippen molar-refractivity contribution >= 4 is 9.84 Å². The largest absolute Gasteiger partial charge is 0.316 e. The summed E-state index contributed by atoms with van der Waals surface area (Å²) in [7, 11) is -2.78. The molecule has 2 unspecified atom stereocenters. The predicted molar refractivity (Wildman–Crippen MR) is 65.3 cm³/mol. The van der Waals surface area contributed by atoms with E-state index < -0.39 is 9.84 Å². The third kappa shape index (κ3) is 3.18. The Morgan fingerprint density at radius 1 is 1.50 bits per heavy atom. The molecule has 2 rings (SSSR count). The summed E-state index contributed by atoms with van der Waals surface area (Å²) in [5.74, 6) is 1.31. The SMILES string of the molecule is CC1(NCC2CCCNC2)CCS(=O)(=O)C1. The molecule has 0 saturated carbocycles. The van der Waals surface area contributed by atoms with Gasteiger partial charge in [0.05, 0.1) is 11.5 Å². The molecular formula is C11H22N2O2S. The number of rotatable bonds is 3. The Morgan fingerprint density at radius 2 is 2.31 bits per heavy atom. The van der Waals surface area contributed by atoms with Gasteiger partial charge in [0.2, 0.25) is 0 Å². The second-order valence-corrected chi connectivity index (χ2v) is 7.68. The maximum Gasteiger partial charge on any atom is 0.152 e. The zero-order valence-electron chi connectivity index (χ0n) is 9.96. The Bertz CT molecular complexity index is 336. The van der Waals surface area contributed by atoms with Crippen molar-refractivity contribution in [2.24, 2.45) is 5.92 Å². The van der Waals surface area contributed by atoms with Crippen molar-refractivity contribution in [3.63, 3.8) is 0 Å². The molecule has 2 fully saturated rings. The maximum atomic E-state index is 11.4. The van der Waals surface area contributed by atoms with Crippen LogP contribution in [0.15, 0.2) is 0 Å². The quantitative estimate of drug-likeness (QED) is 0.744. The second kappa shape index (κ2) is 4.63. The standard InChI is InChI=1S/C11H22N2O2S/c1-11(4-6-16(14,15)9-11)13-8-10-3-2-5-12-7-10/h10,12-13H,2-9H2,1H3. The number of sulfone groups is 1. The topological polar surface area (TPSA) is 58.2 Å². The summed E-state index contributed by atoms with van der Waals surface area (Å²) in [5, 5.41) is 6.84. The highest BCUT2D eigenvalue weighted by Gasteiger charge is 2.38. The normalized spacial score (nSPS) is 38.7. The first kappa shape index (κ1) is 12.3. The molecule has 0 aromatic heterocycles. The highest BCUT2D eigenvalue weighted by atomic mass is 32.2. The Morgan fingerprint density at radius 3 is 2.88 bits per heavy atom. The first-order chi connectivity index (χ1) is 7.49. The van der Waals surface area contributed by atoms with Gasteiger partial charge >= 0.3 is 0 Å². The molecule has 2 aliphatic rings. The molecule has 0 radical (unpaired) electrons. The van der Waals surface area contributed by atoms with Gasteiger partial charge in [0.1, 0.15) is 0 Å². The van der Waals surface area contributed by atoms with Gasteiger partial charge in [-0.15, -0.1) is 0 Å². The zero-order valence-corrected chi connectivity index (χ0v) is 10.8. The van der Waals surface area contributed by atoms with Crippen LogP contribution in [0.2, 0.25) is 0 Å². The molecule has 0 aliphatic carbocycles. The molecule has 2 aliphatic heterocycles. The summed E-state index contributed by atoms with van der Waals surface area (Å²) in [5.41, 5.74) is -0.184. The minimum Gasteiger partial charge on any atom is -0.316 e. The average molecular weight is 246 g/mol. The number of piperidine rings is 1.